The van der Waals surface area contributed by atoms with E-state index < -0.39 is 11.7 Å². The Bertz CT molecular complexity index is 794. The third-order valence-electron chi connectivity index (χ3n) is 4.08. The van der Waals surface area contributed by atoms with E-state index in [9.17, 15) is 14.0 Å². The summed E-state index contributed by atoms with van der Waals surface area (Å²) in [6.45, 7) is 2.59. The van der Waals surface area contributed by atoms with Crippen molar-refractivity contribution in [1.29, 1.82) is 0 Å². The molecule has 1 heterocycles. The predicted molar refractivity (Wildman–Crippen MR) is 93.1 cm³/mol. The lowest BCUT2D eigenvalue weighted by atomic mass is 10.1. The first-order chi connectivity index (χ1) is 12.1. The molecule has 5 nitrogen and oxygen atoms in total. The van der Waals surface area contributed by atoms with Crippen LogP contribution in [0.4, 0.5) is 15.8 Å². The number of carbonyl (C=O) groups excluding carboxylic acids is 2. The summed E-state index contributed by atoms with van der Waals surface area (Å²) in [4.78, 5) is 26.3. The van der Waals surface area contributed by atoms with Crippen molar-refractivity contribution < 1.29 is 18.7 Å². The fourth-order valence-electron chi connectivity index (χ4n) is 2.87. The summed E-state index contributed by atoms with van der Waals surface area (Å²) >= 11 is 0. The Morgan fingerprint density at radius 3 is 2.72 bits per heavy atom. The molecule has 1 saturated heterocycles. The third-order valence-corrected chi connectivity index (χ3v) is 4.08. The van der Waals surface area contributed by atoms with E-state index in [0.717, 1.165) is 0 Å². The Kier molecular flexibility index (Phi) is 4.97. The first kappa shape index (κ1) is 17.0. The van der Waals surface area contributed by atoms with Crippen LogP contribution in [-0.4, -0.2) is 25.0 Å². The van der Waals surface area contributed by atoms with Gasteiger partial charge in [-0.2, -0.15) is 0 Å². The SMILES string of the molecule is CCOc1ccccc1N1C[C@@H](C(=O)Nc2ccccc2F)CC1=O. The molecular formula is C19H19FN2O3. The average molecular weight is 342 g/mol. The minimum absolute atomic E-state index is 0.0841. The van der Waals surface area contributed by atoms with E-state index in [4.69, 9.17) is 4.74 Å². The molecule has 1 aliphatic rings. The lowest BCUT2D eigenvalue weighted by Crippen LogP contribution is -2.28. The van der Waals surface area contributed by atoms with E-state index in [-0.39, 0.29) is 30.5 Å². The van der Waals surface area contributed by atoms with Gasteiger partial charge >= 0.3 is 0 Å². The first-order valence-corrected chi connectivity index (χ1v) is 8.17. The zero-order valence-corrected chi connectivity index (χ0v) is 13.9. The fraction of sp³-hybridized carbons (Fsp3) is 0.263. The molecular weight excluding hydrogens is 323 g/mol. The van der Waals surface area contributed by atoms with Gasteiger partial charge in [0.25, 0.3) is 0 Å². The number of amides is 2. The number of nitrogens with zero attached hydrogens (tertiary/aromatic N) is 1. The van der Waals surface area contributed by atoms with Gasteiger partial charge in [-0.15, -0.1) is 0 Å². The monoisotopic (exact) mass is 342 g/mol. The molecule has 0 aromatic heterocycles. The standard InChI is InChI=1S/C19H19FN2O3/c1-2-25-17-10-6-5-9-16(17)22-12-13(11-18(22)23)19(24)21-15-8-4-3-7-14(15)20/h3-10,13H,2,11-12H2,1H3,(H,21,24)/t13-/m0/s1. The van der Waals surface area contributed by atoms with Crippen LogP contribution in [0.15, 0.2) is 48.5 Å². The molecule has 0 bridgehead atoms. The average Bonchev–Trinajstić information content (AvgIpc) is 2.99. The van der Waals surface area contributed by atoms with Crippen molar-refractivity contribution in [2.75, 3.05) is 23.4 Å². The topological polar surface area (TPSA) is 58.6 Å². The lowest BCUT2D eigenvalue weighted by Gasteiger charge is -2.20. The number of carbonyl (C=O) groups is 2. The van der Waals surface area contributed by atoms with Crippen LogP contribution in [-0.2, 0) is 9.59 Å². The summed E-state index contributed by atoms with van der Waals surface area (Å²) in [5, 5.41) is 2.56. The van der Waals surface area contributed by atoms with Crippen LogP contribution in [0, 0.1) is 11.7 Å². The minimum atomic E-state index is -0.540. The number of para-hydroxylation sites is 3. The largest absolute Gasteiger partial charge is 0.492 e. The highest BCUT2D eigenvalue weighted by atomic mass is 19.1. The second-order valence-electron chi connectivity index (χ2n) is 5.78. The maximum atomic E-state index is 13.7. The van der Waals surface area contributed by atoms with Crippen molar-refractivity contribution in [1.82, 2.24) is 0 Å². The number of rotatable bonds is 5. The van der Waals surface area contributed by atoms with Gasteiger partial charge in [-0.1, -0.05) is 24.3 Å². The number of nitrogens with one attached hydrogen (secondary N) is 1. The summed E-state index contributed by atoms with van der Waals surface area (Å²) in [7, 11) is 0. The van der Waals surface area contributed by atoms with E-state index in [2.05, 4.69) is 5.32 Å². The molecule has 0 spiro atoms. The number of anilines is 2. The summed E-state index contributed by atoms with van der Waals surface area (Å²) in [5.74, 6) is -0.954. The van der Waals surface area contributed by atoms with Crippen LogP contribution < -0.4 is 15.0 Å². The van der Waals surface area contributed by atoms with Crippen LogP contribution in [0.1, 0.15) is 13.3 Å². The number of ether oxygens (including phenoxy) is 1. The highest BCUT2D eigenvalue weighted by molar-refractivity contribution is 6.04. The van der Waals surface area contributed by atoms with Crippen molar-refractivity contribution in [2.45, 2.75) is 13.3 Å². The number of benzene rings is 2. The van der Waals surface area contributed by atoms with Gasteiger partial charge in [0.2, 0.25) is 11.8 Å². The van der Waals surface area contributed by atoms with Crippen LogP contribution >= 0.6 is 0 Å². The van der Waals surface area contributed by atoms with Gasteiger partial charge in [-0.3, -0.25) is 9.59 Å². The van der Waals surface area contributed by atoms with Gasteiger partial charge in [0.1, 0.15) is 11.6 Å². The Labute approximate surface area is 145 Å². The van der Waals surface area contributed by atoms with Gasteiger partial charge in [-0.05, 0) is 31.2 Å². The van der Waals surface area contributed by atoms with Crippen molar-refractivity contribution >= 4 is 23.2 Å². The molecule has 1 atom stereocenters. The van der Waals surface area contributed by atoms with E-state index in [1.54, 1.807) is 29.2 Å². The van der Waals surface area contributed by atoms with E-state index in [1.807, 2.05) is 19.1 Å². The molecule has 25 heavy (non-hydrogen) atoms. The highest BCUT2D eigenvalue weighted by Gasteiger charge is 2.36. The molecule has 1 fully saturated rings. The Hall–Kier alpha value is -2.89. The van der Waals surface area contributed by atoms with Crippen LogP contribution in [0.3, 0.4) is 0 Å². The van der Waals surface area contributed by atoms with E-state index in [1.165, 1.54) is 12.1 Å². The van der Waals surface area contributed by atoms with Gasteiger partial charge in [0, 0.05) is 13.0 Å². The fourth-order valence-corrected chi connectivity index (χ4v) is 2.87. The van der Waals surface area contributed by atoms with Gasteiger partial charge in [0.05, 0.1) is 23.9 Å². The number of hydrogen-bond acceptors (Lipinski definition) is 3. The molecule has 2 amide bonds. The molecule has 2 aromatic carbocycles. The maximum Gasteiger partial charge on any atom is 0.229 e. The second-order valence-corrected chi connectivity index (χ2v) is 5.78. The molecule has 3 rings (SSSR count). The molecule has 0 aliphatic carbocycles. The molecule has 0 unspecified atom stereocenters. The Balaban J connectivity index is 1.74. The van der Waals surface area contributed by atoms with Crippen molar-refractivity contribution in [3.63, 3.8) is 0 Å². The quantitative estimate of drug-likeness (QED) is 0.908. The summed E-state index contributed by atoms with van der Waals surface area (Å²) in [6, 6.07) is 13.2. The third kappa shape index (κ3) is 3.63. The van der Waals surface area contributed by atoms with Crippen molar-refractivity contribution in [3.05, 3.63) is 54.3 Å². The maximum absolute atomic E-state index is 13.7. The molecule has 0 saturated carbocycles. The zero-order chi connectivity index (χ0) is 17.8. The Morgan fingerprint density at radius 1 is 1.24 bits per heavy atom. The van der Waals surface area contributed by atoms with Crippen LogP contribution in [0.25, 0.3) is 0 Å². The normalized spacial score (nSPS) is 16.8. The summed E-state index contributed by atoms with van der Waals surface area (Å²) in [5.41, 5.74) is 0.767. The van der Waals surface area contributed by atoms with E-state index >= 15 is 0 Å². The van der Waals surface area contributed by atoms with Gasteiger partial charge in [0.15, 0.2) is 0 Å². The molecule has 1 N–H and O–H groups in total. The zero-order valence-electron chi connectivity index (χ0n) is 13.9. The number of halogens is 1. The molecule has 6 heteroatoms. The van der Waals surface area contributed by atoms with Crippen LogP contribution in [0.5, 0.6) is 5.75 Å². The van der Waals surface area contributed by atoms with Crippen LogP contribution in [0.2, 0.25) is 0 Å². The molecule has 130 valence electrons. The summed E-state index contributed by atoms with van der Waals surface area (Å²) in [6.07, 6.45) is 0.0841. The summed E-state index contributed by atoms with van der Waals surface area (Å²) < 4.78 is 19.2. The first-order valence-electron chi connectivity index (χ1n) is 8.17. The Morgan fingerprint density at radius 2 is 1.96 bits per heavy atom. The smallest absolute Gasteiger partial charge is 0.229 e. The minimum Gasteiger partial charge on any atom is -0.492 e. The molecule has 2 aromatic rings. The van der Waals surface area contributed by atoms with Crippen molar-refractivity contribution in [2.24, 2.45) is 5.92 Å². The highest BCUT2D eigenvalue weighted by Crippen LogP contribution is 2.33. The predicted octanol–water partition coefficient (Wildman–Crippen LogP) is 3.22. The van der Waals surface area contributed by atoms with Gasteiger partial charge in [-0.25, -0.2) is 4.39 Å². The molecule has 0 radical (unpaired) electrons. The van der Waals surface area contributed by atoms with E-state index in [0.29, 0.717) is 18.0 Å². The second kappa shape index (κ2) is 7.34. The number of hydrogen-bond donors (Lipinski definition) is 1. The van der Waals surface area contributed by atoms with Gasteiger partial charge < -0.3 is 15.0 Å². The molecule has 1 aliphatic heterocycles. The lowest BCUT2D eigenvalue weighted by molar-refractivity contribution is -0.122. The van der Waals surface area contributed by atoms with Crippen molar-refractivity contribution in [3.8, 4) is 5.75 Å².